The molecule has 1 aromatic rings. The lowest BCUT2D eigenvalue weighted by Crippen LogP contribution is -2.29. The molecule has 0 heterocycles. The number of anilines is 1. The summed E-state index contributed by atoms with van der Waals surface area (Å²) >= 11 is 3.90. The number of ether oxygens (including phenoxy) is 2. The number of nitrogens with two attached hydrogens (primary N) is 1. The van der Waals surface area contributed by atoms with Crippen LogP contribution in [0.15, 0.2) is 18.2 Å². The van der Waals surface area contributed by atoms with Crippen LogP contribution in [0.4, 0.5) is 5.69 Å². The van der Waals surface area contributed by atoms with Crippen LogP contribution in [0.1, 0.15) is 16.8 Å². The third-order valence-electron chi connectivity index (χ3n) is 2.85. The second kappa shape index (κ2) is 11.7. The standard InChI is InChI=1S/C13H15N3O10S2/c14-8-1-2-10(13(18)23-3-4-28-27)11(5-8)25-12(17)6-9(26-16(21)22)7-24-15(19)20/h1-2,5,9,27H,3-4,6-7,14H2. The molecule has 0 aromatic heterocycles. The highest BCUT2D eigenvalue weighted by Gasteiger charge is 2.23. The molecule has 0 aliphatic carbocycles. The summed E-state index contributed by atoms with van der Waals surface area (Å²) in [6.45, 7) is -0.821. The molecule has 13 nitrogen and oxygen atoms in total. The van der Waals surface area contributed by atoms with Crippen LogP contribution in [0.2, 0.25) is 0 Å². The first kappa shape index (κ1) is 23.1. The molecule has 1 unspecified atom stereocenters. The zero-order chi connectivity index (χ0) is 21.1. The van der Waals surface area contributed by atoms with Gasteiger partial charge < -0.3 is 24.9 Å². The van der Waals surface area contributed by atoms with Gasteiger partial charge in [0.1, 0.15) is 30.6 Å². The molecule has 0 saturated carbocycles. The monoisotopic (exact) mass is 437 g/mol. The summed E-state index contributed by atoms with van der Waals surface area (Å²) in [5, 5.41) is 18.2. The van der Waals surface area contributed by atoms with Crippen LogP contribution >= 0.6 is 22.5 Å². The molecular formula is C13H15N3O10S2. The van der Waals surface area contributed by atoms with Gasteiger partial charge in [0.25, 0.3) is 10.2 Å². The fourth-order valence-corrected chi connectivity index (χ4v) is 2.17. The number of esters is 2. The van der Waals surface area contributed by atoms with E-state index in [2.05, 4.69) is 21.3 Å². The predicted octanol–water partition coefficient (Wildman–Crippen LogP) is 1.08. The SMILES string of the molecule is Nc1ccc(C(=O)OCCSS)c(OC(=O)CC(CO[N+](=O)[O-])O[N+](=O)[O-])c1. The molecule has 2 N–H and O–H groups in total. The Hall–Kier alpha value is -2.94. The van der Waals surface area contributed by atoms with Crippen molar-refractivity contribution in [1.29, 1.82) is 0 Å². The van der Waals surface area contributed by atoms with Crippen LogP contribution < -0.4 is 10.5 Å². The Labute approximate surface area is 166 Å². The van der Waals surface area contributed by atoms with Gasteiger partial charge in [-0.05, 0) is 12.1 Å². The van der Waals surface area contributed by atoms with E-state index in [4.69, 9.17) is 15.2 Å². The first-order valence-electron chi connectivity index (χ1n) is 7.35. The quantitative estimate of drug-likeness (QED) is 0.0694. The first-order chi connectivity index (χ1) is 13.2. The molecule has 0 aliphatic heterocycles. The molecule has 0 amide bonds. The van der Waals surface area contributed by atoms with Crippen molar-refractivity contribution in [2.24, 2.45) is 0 Å². The highest BCUT2D eigenvalue weighted by Crippen LogP contribution is 2.24. The molecule has 1 atom stereocenters. The minimum atomic E-state index is -1.60. The second-order valence-electron chi connectivity index (χ2n) is 4.87. The van der Waals surface area contributed by atoms with E-state index in [1.54, 1.807) is 0 Å². The van der Waals surface area contributed by atoms with Crippen molar-refractivity contribution in [2.75, 3.05) is 24.7 Å². The van der Waals surface area contributed by atoms with Crippen molar-refractivity contribution in [3.8, 4) is 5.75 Å². The van der Waals surface area contributed by atoms with Gasteiger partial charge in [0, 0.05) is 17.5 Å². The number of hydrogen-bond acceptors (Lipinski definition) is 13. The van der Waals surface area contributed by atoms with Crippen molar-refractivity contribution < 1.29 is 38.9 Å². The zero-order valence-corrected chi connectivity index (χ0v) is 15.8. The lowest BCUT2D eigenvalue weighted by atomic mass is 10.2. The van der Waals surface area contributed by atoms with Gasteiger partial charge in [0.05, 0.1) is 6.42 Å². The van der Waals surface area contributed by atoms with E-state index in [1.165, 1.54) is 18.2 Å². The molecule has 0 spiro atoms. The van der Waals surface area contributed by atoms with E-state index in [0.29, 0.717) is 5.75 Å². The maximum absolute atomic E-state index is 12.1. The van der Waals surface area contributed by atoms with Crippen LogP contribution in [0.5, 0.6) is 5.75 Å². The Morgan fingerprint density at radius 2 is 1.96 bits per heavy atom. The van der Waals surface area contributed by atoms with Gasteiger partial charge in [-0.15, -0.1) is 31.9 Å². The largest absolute Gasteiger partial charge is 0.461 e. The van der Waals surface area contributed by atoms with E-state index in [0.717, 1.165) is 10.8 Å². The van der Waals surface area contributed by atoms with Gasteiger partial charge in [0.2, 0.25) is 0 Å². The summed E-state index contributed by atoms with van der Waals surface area (Å²) in [4.78, 5) is 52.9. The fourth-order valence-electron chi connectivity index (χ4n) is 1.78. The normalized spacial score (nSPS) is 11.2. The van der Waals surface area contributed by atoms with Crippen LogP contribution in [0, 0.1) is 20.2 Å². The topological polar surface area (TPSA) is 183 Å². The van der Waals surface area contributed by atoms with E-state index in [1.807, 2.05) is 0 Å². The van der Waals surface area contributed by atoms with E-state index >= 15 is 0 Å². The summed E-state index contributed by atoms with van der Waals surface area (Å²) in [7, 11) is 1.16. The summed E-state index contributed by atoms with van der Waals surface area (Å²) < 4.78 is 9.98. The maximum atomic E-state index is 12.1. The Bertz CT molecular complexity index is 733. The van der Waals surface area contributed by atoms with Crippen molar-refractivity contribution in [1.82, 2.24) is 0 Å². The number of nitrogen functional groups attached to an aromatic ring is 1. The zero-order valence-electron chi connectivity index (χ0n) is 14.0. The van der Waals surface area contributed by atoms with Gasteiger partial charge in [-0.25, -0.2) is 4.79 Å². The lowest BCUT2D eigenvalue weighted by molar-refractivity contribution is -0.789. The minimum Gasteiger partial charge on any atom is -0.461 e. The fraction of sp³-hybridized carbons (Fsp3) is 0.385. The highest BCUT2D eigenvalue weighted by atomic mass is 33.1. The molecule has 154 valence electrons. The number of carbonyl (C=O) groups excluding carboxylic acids is 2. The average Bonchev–Trinajstić information content (AvgIpc) is 2.59. The molecule has 0 bridgehead atoms. The third-order valence-corrected chi connectivity index (χ3v) is 3.75. The van der Waals surface area contributed by atoms with Crippen molar-refractivity contribution >= 4 is 40.1 Å². The molecular weight excluding hydrogens is 422 g/mol. The van der Waals surface area contributed by atoms with Gasteiger partial charge in [0.15, 0.2) is 0 Å². The smallest absolute Gasteiger partial charge is 0.341 e. The lowest BCUT2D eigenvalue weighted by Gasteiger charge is -2.14. The molecule has 0 fully saturated rings. The maximum Gasteiger partial charge on any atom is 0.341 e. The van der Waals surface area contributed by atoms with E-state index in [-0.39, 0.29) is 23.6 Å². The van der Waals surface area contributed by atoms with Crippen LogP contribution in [0.25, 0.3) is 0 Å². The molecule has 28 heavy (non-hydrogen) atoms. The van der Waals surface area contributed by atoms with E-state index in [9.17, 15) is 29.8 Å². The predicted molar refractivity (Wildman–Crippen MR) is 97.6 cm³/mol. The third kappa shape index (κ3) is 8.63. The number of nitrogens with zero attached hydrogens (tertiary/aromatic N) is 2. The number of rotatable bonds is 12. The Morgan fingerprint density at radius 3 is 2.57 bits per heavy atom. The van der Waals surface area contributed by atoms with Crippen LogP contribution in [-0.2, 0) is 19.2 Å². The second-order valence-corrected chi connectivity index (χ2v) is 6.31. The molecule has 0 aliphatic rings. The number of hydrogen-bond donors (Lipinski definition) is 2. The van der Waals surface area contributed by atoms with Crippen LogP contribution in [-0.4, -0.2) is 47.2 Å². The van der Waals surface area contributed by atoms with Gasteiger partial charge in [-0.2, -0.15) is 0 Å². The molecule has 1 rings (SSSR count). The van der Waals surface area contributed by atoms with Crippen molar-refractivity contribution in [3.63, 3.8) is 0 Å². The molecule has 15 heteroatoms. The number of benzene rings is 1. The van der Waals surface area contributed by atoms with Crippen LogP contribution in [0.3, 0.4) is 0 Å². The Kier molecular flexibility index (Phi) is 9.66. The highest BCUT2D eigenvalue weighted by molar-refractivity contribution is 8.68. The summed E-state index contributed by atoms with van der Waals surface area (Å²) in [6.07, 6.45) is -2.37. The van der Waals surface area contributed by atoms with Gasteiger partial charge in [-0.1, -0.05) is 10.8 Å². The minimum absolute atomic E-state index is 0.0573. The number of thiol groups is 1. The summed E-state index contributed by atoms with van der Waals surface area (Å²) in [5.74, 6) is -1.69. The van der Waals surface area contributed by atoms with Crippen molar-refractivity contribution in [2.45, 2.75) is 12.5 Å². The first-order valence-corrected chi connectivity index (χ1v) is 9.39. The molecule has 0 saturated heterocycles. The van der Waals surface area contributed by atoms with Crippen molar-refractivity contribution in [3.05, 3.63) is 44.0 Å². The Morgan fingerprint density at radius 1 is 1.25 bits per heavy atom. The average molecular weight is 437 g/mol. The van der Waals surface area contributed by atoms with Gasteiger partial charge in [-0.3, -0.25) is 4.79 Å². The Balaban J connectivity index is 2.84. The summed E-state index contributed by atoms with van der Waals surface area (Å²) in [6, 6.07) is 3.83. The van der Waals surface area contributed by atoms with E-state index < -0.39 is 41.2 Å². The number of carbonyl (C=O) groups is 2. The van der Waals surface area contributed by atoms with Gasteiger partial charge >= 0.3 is 11.9 Å². The molecule has 0 radical (unpaired) electrons. The molecule has 1 aromatic carbocycles. The summed E-state index contributed by atoms with van der Waals surface area (Å²) in [5.41, 5.74) is 5.66.